The van der Waals surface area contributed by atoms with Gasteiger partial charge in [-0.2, -0.15) is 0 Å². The number of cyclic esters (lactones) is 6. The number of H-pyrrole nitrogens is 6. The number of ether oxygens (including phenoxy) is 6. The highest BCUT2D eigenvalue weighted by Crippen LogP contribution is 2.29. The number of likely N-dealkylation sites (N-methyl/N-ethyl adjacent to an activating group) is 6. The Morgan fingerprint density at radius 1 is 0.294 bits per heavy atom. The van der Waals surface area contributed by atoms with E-state index < -0.39 is 457 Å². The summed E-state index contributed by atoms with van der Waals surface area (Å²) in [6, 6.07) is -27.2. The van der Waals surface area contributed by atoms with Crippen LogP contribution in [0.15, 0.2) is 146 Å². The van der Waals surface area contributed by atoms with Gasteiger partial charge in [-0.3, -0.25) is 0 Å². The zero-order valence-electron chi connectivity index (χ0n) is 139. The van der Waals surface area contributed by atoms with Gasteiger partial charge >= 0.3 is 36.6 Å². The molecule has 6 aliphatic heterocycles. The number of benzene rings is 6. The molecular formula is C96H126N18O12. The first-order valence-electron chi connectivity index (χ1n) is 72.9. The van der Waals surface area contributed by atoms with Crippen LogP contribution in [0, 0.1) is 0 Å². The summed E-state index contributed by atoms with van der Waals surface area (Å²) in [5.74, 6) is 0. The molecule has 0 saturated carbocycles. The molecule has 12 aromatic rings. The number of hydrogen-bond acceptors (Lipinski definition) is 18. The number of rotatable bonds is 30. The second-order valence-corrected chi connectivity index (χ2v) is 26.9. The molecule has 6 aromatic heterocycles. The molecule has 6 aromatic carbocycles. The molecule has 18 rings (SSSR count). The largest absolute Gasteiger partial charge is 0.447 e. The van der Waals surface area contributed by atoms with Gasteiger partial charge in [0, 0.05) is 199 Å². The third-order valence-electron chi connectivity index (χ3n) is 16.7. The van der Waals surface area contributed by atoms with E-state index in [-0.39, 0.29) is 101 Å². The Hall–Kier alpha value is -12.1. The van der Waals surface area contributed by atoms with E-state index in [4.69, 9.17) is 98.7 Å². The molecular weight excluding hydrogens is 1600 g/mol. The number of nitrogens with one attached hydrogen (secondary N) is 12. The highest BCUT2D eigenvalue weighted by Gasteiger charge is 2.29. The van der Waals surface area contributed by atoms with Gasteiger partial charge < -0.3 is 120 Å². The first kappa shape index (κ1) is 37.1. The Labute approximate surface area is 837 Å². The van der Waals surface area contributed by atoms with Crippen LogP contribution in [-0.2, 0) is 105 Å². The maximum atomic E-state index is 11.5. The third-order valence-corrected chi connectivity index (χ3v) is 16.7. The second kappa shape index (κ2) is 43.7. The first-order chi connectivity index (χ1) is 89.1. The van der Waals surface area contributed by atoms with Crippen molar-refractivity contribution in [1.82, 2.24) is 91.2 Å². The van der Waals surface area contributed by atoms with E-state index in [2.05, 4.69) is 63.6 Å². The predicted octanol–water partition coefficient (Wildman–Crippen LogP) is 11.5. The van der Waals surface area contributed by atoms with E-state index in [1.807, 2.05) is 26.6 Å². The molecule has 0 radical (unpaired) electrons. The van der Waals surface area contributed by atoms with Crippen molar-refractivity contribution in [2.45, 2.75) is 113 Å². The SMILES string of the molecule is [2H]c1[nH]c2c([2H])c([2H])c(C([2H])([2H])[C@@]3([2H])COC(=O)N3)c([2H])c2c1C([2H])([2H])CN(C([2H])([2H])[2H])C([2H])([2H])[2H].[2H]c1[nH]c2c([2H])c([2H])c(C([2H])([2H])[C@@]3([2H])COC(=O)N3)c([2H])c2c1C([2H])([2H])CN(C)C.[2H]c1[nH]c2c([2H])c([2H])c(C([2H])([2H])[C@@]3([2H])COC(=O)N3)c([2H])c2c1C([2H])([2H])CN(C)C([2H])([2H])[2H].[2H]c1[nH]c2c([2H])c([2H])c(C([2H])([2H])[C@@]3([2H])COC(=O)N3)c([2H])c2c1CC([2H])([2H])N(C([2H])([2H])[2H])C([2H])([2H])[2H].[2H]c1[nH]c2c([2H])c([2H])c(C([2H])([2H])[C@@]3([2H])COC(=O)N3)c([2H])c2c1CC([2H])([2H])N(C)C.[2H]c1[nH]c2c([2H])c([2H])c(C([2H])([2H])[C@@]3([2H])COC(=O)N3)c([2H])c2c1CC([2H])([2H])N(C)C([2H])([2H])[2H]. The van der Waals surface area contributed by atoms with Crippen molar-refractivity contribution < 1.29 is 156 Å². The summed E-state index contributed by atoms with van der Waals surface area (Å²) in [5.41, 5.74) is -7.81. The summed E-state index contributed by atoms with van der Waals surface area (Å²) in [5, 5.41) is 10.2. The van der Waals surface area contributed by atoms with Gasteiger partial charge in [-0.1, -0.05) is 36.3 Å². The number of carbonyl (C=O) groups is 6. The molecule has 12 N–H and O–H groups in total. The molecule has 30 nitrogen and oxygen atoms in total. The van der Waals surface area contributed by atoms with Crippen molar-refractivity contribution in [2.24, 2.45) is 0 Å². The fourth-order valence-corrected chi connectivity index (χ4v) is 11.1. The second-order valence-electron chi connectivity index (χ2n) is 26.9. The molecule has 6 amide bonds. The minimum Gasteiger partial charge on any atom is -0.447 e. The number of nitrogens with zero attached hydrogens (tertiary/aromatic N) is 6. The molecule has 30 heteroatoms. The maximum Gasteiger partial charge on any atom is 0.407 e. The number of fused-ring (bicyclic) bond motifs is 6. The van der Waals surface area contributed by atoms with Crippen LogP contribution < -0.4 is 31.9 Å². The molecule has 6 saturated heterocycles. The summed E-state index contributed by atoms with van der Waals surface area (Å²) >= 11 is 0. The van der Waals surface area contributed by atoms with Gasteiger partial charge in [0.2, 0.25) is 0 Å². The summed E-state index contributed by atoms with van der Waals surface area (Å²) in [7, 11) is 8.46. The van der Waals surface area contributed by atoms with Gasteiger partial charge in [0.1, 0.15) is 39.6 Å². The normalized spacial score (nSPS) is 32.0. The fraction of sp³-hybridized carbons (Fsp3) is 0.438. The van der Waals surface area contributed by atoms with E-state index >= 15 is 0 Å². The van der Waals surface area contributed by atoms with Crippen molar-refractivity contribution in [3.63, 3.8) is 0 Å². The number of hydrogen-bond donors (Lipinski definition) is 12. The lowest BCUT2D eigenvalue weighted by Gasteiger charge is -2.09. The van der Waals surface area contributed by atoms with Gasteiger partial charge in [0.05, 0.1) is 77.2 Å². The number of alkyl carbamates (subject to hydrolysis) is 6. The average molecular weight is 1800 g/mol. The van der Waals surface area contributed by atoms with E-state index in [9.17, 15) is 28.8 Å². The molecule has 12 heterocycles. The number of amides is 6. The summed E-state index contributed by atoms with van der Waals surface area (Å²) in [4.78, 5) is 87.3. The van der Waals surface area contributed by atoms with Crippen LogP contribution in [0.1, 0.15) is 165 Å². The highest BCUT2D eigenvalue weighted by atomic mass is 16.6. The van der Waals surface area contributed by atoms with Crippen molar-refractivity contribution in [3.05, 3.63) is 213 Å². The van der Waals surface area contributed by atoms with Crippen LogP contribution in [0.3, 0.4) is 0 Å². The molecule has 126 heavy (non-hydrogen) atoms. The standard InChI is InChI=1S/6C16H21N3O2/c6*1-19(2)6-5-12-9-17-15-4-3-11(8-14(12)15)7-13-10-21-16(20)18-13/h6*3-4,8-9,13,17H,5-7,10H2,1-2H3,(H,18,20)/t6*13-/m000000/s1/i1D3,2D3,3D,4D,6D2,7D2,8D,9D,13D;1D3,2D3,3D,4D,5D2,7D2,8D,9D,13D;1D3,3D,4D,6D2,7D2,8D,9D,13D;1D3,3D,4D,5D2,7D2,8D,9D,13D;3D,4D,6D2,7D2,8D,9D,13D;3D,4D,5D2,7D2,8D,9D,13D. The molecule has 0 aliphatic carbocycles. The Kier molecular flexibility index (Phi) is 12.9. The number of aromatic nitrogens is 6. The monoisotopic (exact) mass is 1800 g/mol. The van der Waals surface area contributed by atoms with E-state index in [0.29, 0.717) is 4.90 Å². The van der Waals surface area contributed by atoms with Crippen LogP contribution in [0.5, 0.6) is 0 Å². The van der Waals surface area contributed by atoms with Crippen molar-refractivity contribution >= 4 is 102 Å². The van der Waals surface area contributed by atoms with Crippen LogP contribution in [0.2, 0.25) is 0 Å². The third kappa shape index (κ3) is 26.5. The van der Waals surface area contributed by atoms with Gasteiger partial charge in [-0.15, -0.1) is 0 Å². The van der Waals surface area contributed by atoms with E-state index in [1.165, 1.54) is 19.0 Å². The van der Waals surface area contributed by atoms with Crippen LogP contribution in [0.25, 0.3) is 65.4 Å². The lowest BCUT2D eigenvalue weighted by Crippen LogP contribution is -2.28. The molecule has 0 bridgehead atoms. The van der Waals surface area contributed by atoms with Crippen LogP contribution >= 0.6 is 0 Å². The molecule has 6 aliphatic rings. The van der Waals surface area contributed by atoms with Crippen LogP contribution in [0.4, 0.5) is 28.8 Å². The molecule has 0 unspecified atom stereocenters. The van der Waals surface area contributed by atoms with Gasteiger partial charge in [0.25, 0.3) is 0 Å². The van der Waals surface area contributed by atoms with Gasteiger partial charge in [-0.25, -0.2) is 28.8 Å². The summed E-state index contributed by atoms with van der Waals surface area (Å²) in [6.45, 7) is -33.0. The van der Waals surface area contributed by atoms with Gasteiger partial charge in [-0.05, 0) is 300 Å². The lowest BCUT2D eigenvalue weighted by molar-refractivity contribution is 0.176. The summed E-state index contributed by atoms with van der Waals surface area (Å²) in [6.07, 6.45) is -36.5. The van der Waals surface area contributed by atoms with Crippen molar-refractivity contribution in [2.75, 3.05) is 163 Å². The quantitative estimate of drug-likeness (QED) is 0.0186. The van der Waals surface area contributed by atoms with Crippen molar-refractivity contribution in [1.29, 1.82) is 0 Å². The Morgan fingerprint density at radius 3 is 0.730 bits per heavy atom. The maximum absolute atomic E-state index is 11.5. The predicted molar refractivity (Wildman–Crippen MR) is 495 cm³/mol. The zero-order chi connectivity index (χ0) is 152. The first-order valence-corrected chi connectivity index (χ1v) is 36.9. The number of carbonyl (C=O) groups excluding carboxylic acids is 6. The minimum atomic E-state index is -3.43. The lowest BCUT2D eigenvalue weighted by atomic mass is 10.0. The zero-order valence-corrected chi connectivity index (χ0v) is 67.1. The van der Waals surface area contributed by atoms with Crippen LogP contribution in [-0.4, -0.2) is 295 Å². The minimum absolute atomic E-state index is 0.0511. The summed E-state index contributed by atoms with van der Waals surface area (Å²) < 4.78 is 613. The Bertz CT molecular complexity index is 9470. The van der Waals surface area contributed by atoms with E-state index in [0.717, 1.165) is 19.0 Å². The topological polar surface area (TPSA) is 344 Å². The number of aryl methyl sites for hydroxylation is 3. The Morgan fingerprint density at radius 2 is 0.508 bits per heavy atom. The highest BCUT2D eigenvalue weighted by molar-refractivity contribution is 5.88. The molecule has 0 spiro atoms. The average Bonchev–Trinajstić information content (AvgIpc) is 1.53. The molecule has 6 fully saturated rings. The molecule has 672 valence electrons. The Balaban J connectivity index is 0.000000191. The number of aromatic amines is 6. The molecule has 6 atom stereocenters. The smallest absolute Gasteiger partial charge is 0.407 e. The fourth-order valence-electron chi connectivity index (χ4n) is 11.1. The van der Waals surface area contributed by atoms with E-state index in [1.54, 1.807) is 19.0 Å². The van der Waals surface area contributed by atoms with Crippen molar-refractivity contribution in [3.8, 4) is 0 Å². The van der Waals surface area contributed by atoms with Gasteiger partial charge in [0.15, 0.2) is 0 Å².